The van der Waals surface area contributed by atoms with Gasteiger partial charge in [-0.2, -0.15) is 0 Å². The van der Waals surface area contributed by atoms with Gasteiger partial charge >= 0.3 is 0 Å². The minimum atomic E-state index is -1.36. The standard InChI is InChI=1S/C18H27NSSi2/c1-21(2,3)16-13-10-14-17(22(4,5)6)18(16)20-19-15-11-8-7-9-12-15/h7-14,19H,1-6H3. The van der Waals surface area contributed by atoms with Crippen molar-refractivity contribution >= 4 is 44.2 Å². The maximum atomic E-state index is 3.55. The lowest BCUT2D eigenvalue weighted by atomic mass is 10.3. The molecule has 0 aliphatic rings. The van der Waals surface area contributed by atoms with E-state index in [2.05, 4.69) is 92.5 Å². The van der Waals surface area contributed by atoms with Crippen LogP contribution >= 0.6 is 11.9 Å². The van der Waals surface area contributed by atoms with Crippen LogP contribution in [0.5, 0.6) is 0 Å². The van der Waals surface area contributed by atoms with Gasteiger partial charge in [0.2, 0.25) is 0 Å². The van der Waals surface area contributed by atoms with Crippen LogP contribution in [-0.4, -0.2) is 16.1 Å². The van der Waals surface area contributed by atoms with E-state index in [-0.39, 0.29) is 0 Å². The molecule has 0 bridgehead atoms. The summed E-state index contributed by atoms with van der Waals surface area (Å²) in [5, 5.41) is 3.14. The highest BCUT2D eigenvalue weighted by molar-refractivity contribution is 8.01. The summed E-state index contributed by atoms with van der Waals surface area (Å²) < 4.78 is 3.55. The first-order valence-electron chi connectivity index (χ1n) is 7.81. The van der Waals surface area contributed by atoms with Crippen LogP contribution < -0.4 is 15.1 Å². The maximum Gasteiger partial charge on any atom is 0.0791 e. The zero-order chi connectivity index (χ0) is 16.4. The Morgan fingerprint density at radius 2 is 1.18 bits per heavy atom. The Kier molecular flexibility index (Phi) is 5.25. The summed E-state index contributed by atoms with van der Waals surface area (Å²) in [6.07, 6.45) is 0. The number of anilines is 1. The van der Waals surface area contributed by atoms with Crippen molar-refractivity contribution in [2.45, 2.75) is 44.2 Å². The summed E-state index contributed by atoms with van der Waals surface area (Å²) in [6, 6.07) is 17.4. The lowest BCUT2D eigenvalue weighted by Gasteiger charge is -2.27. The normalized spacial score (nSPS) is 12.3. The summed E-state index contributed by atoms with van der Waals surface area (Å²) >= 11 is 1.80. The molecular formula is C18H27NSSi2. The van der Waals surface area contributed by atoms with Crippen molar-refractivity contribution in [1.29, 1.82) is 0 Å². The number of hydrogen-bond donors (Lipinski definition) is 1. The van der Waals surface area contributed by atoms with Crippen molar-refractivity contribution in [3.05, 3.63) is 48.5 Å². The Morgan fingerprint density at radius 3 is 1.64 bits per heavy atom. The van der Waals surface area contributed by atoms with Gasteiger partial charge < -0.3 is 4.72 Å². The maximum absolute atomic E-state index is 3.55. The molecule has 0 radical (unpaired) electrons. The molecule has 2 rings (SSSR count). The van der Waals surface area contributed by atoms with Crippen LogP contribution in [0, 0.1) is 0 Å². The lowest BCUT2D eigenvalue weighted by Crippen LogP contribution is -2.47. The van der Waals surface area contributed by atoms with Crippen LogP contribution in [0.2, 0.25) is 39.3 Å². The Bertz CT molecular complexity index is 596. The molecule has 4 heteroatoms. The van der Waals surface area contributed by atoms with Crippen molar-refractivity contribution in [2.75, 3.05) is 4.72 Å². The Balaban J connectivity index is 2.42. The highest BCUT2D eigenvalue weighted by Crippen LogP contribution is 2.23. The SMILES string of the molecule is C[Si](C)(C)c1cccc([Si](C)(C)C)c1SNc1ccccc1. The van der Waals surface area contributed by atoms with Gasteiger partial charge in [0.15, 0.2) is 0 Å². The highest BCUT2D eigenvalue weighted by atomic mass is 32.2. The molecule has 1 nitrogen and oxygen atoms in total. The second-order valence-electron chi connectivity index (χ2n) is 7.75. The third-order valence-corrected chi connectivity index (χ3v) is 9.09. The van der Waals surface area contributed by atoms with Crippen molar-refractivity contribution < 1.29 is 0 Å². The molecule has 0 aliphatic heterocycles. The number of hydrogen-bond acceptors (Lipinski definition) is 2. The first kappa shape index (κ1) is 17.4. The van der Waals surface area contributed by atoms with Gasteiger partial charge in [-0.25, -0.2) is 0 Å². The summed E-state index contributed by atoms with van der Waals surface area (Å²) in [5.41, 5.74) is 1.17. The monoisotopic (exact) mass is 345 g/mol. The molecule has 0 aromatic heterocycles. The largest absolute Gasteiger partial charge is 0.326 e. The molecule has 0 saturated heterocycles. The molecule has 0 spiro atoms. The summed E-state index contributed by atoms with van der Waals surface area (Å²) in [5.74, 6) is 0. The molecule has 0 aliphatic carbocycles. The van der Waals surface area contributed by atoms with Gasteiger partial charge in [-0.05, 0) is 34.5 Å². The van der Waals surface area contributed by atoms with E-state index >= 15 is 0 Å². The van der Waals surface area contributed by atoms with Crippen molar-refractivity contribution in [3.63, 3.8) is 0 Å². The Hall–Kier alpha value is -0.976. The molecule has 0 heterocycles. The average molecular weight is 346 g/mol. The fourth-order valence-corrected chi connectivity index (χ4v) is 8.25. The van der Waals surface area contributed by atoms with Crippen LogP contribution in [-0.2, 0) is 0 Å². The zero-order valence-corrected chi connectivity index (χ0v) is 17.3. The minimum absolute atomic E-state index is 1.17. The molecule has 2 aromatic rings. The highest BCUT2D eigenvalue weighted by Gasteiger charge is 2.27. The number of rotatable bonds is 5. The summed E-state index contributed by atoms with van der Waals surface area (Å²) in [7, 11) is -2.73. The average Bonchev–Trinajstić information content (AvgIpc) is 2.44. The van der Waals surface area contributed by atoms with E-state index in [1.807, 2.05) is 0 Å². The Labute approximate surface area is 141 Å². The van der Waals surface area contributed by atoms with Crippen LogP contribution in [0.25, 0.3) is 0 Å². The molecule has 0 unspecified atom stereocenters. The molecule has 1 N–H and O–H groups in total. The molecule has 2 aromatic carbocycles. The zero-order valence-electron chi connectivity index (χ0n) is 14.5. The molecule has 118 valence electrons. The molecule has 0 saturated carbocycles. The van der Waals surface area contributed by atoms with E-state index in [0.29, 0.717) is 0 Å². The third kappa shape index (κ3) is 4.27. The van der Waals surface area contributed by atoms with E-state index in [4.69, 9.17) is 0 Å². The second kappa shape index (κ2) is 6.64. The third-order valence-electron chi connectivity index (χ3n) is 3.68. The molecule has 0 atom stereocenters. The fraction of sp³-hybridized carbons (Fsp3) is 0.333. The fourth-order valence-electron chi connectivity index (χ4n) is 2.44. The predicted octanol–water partition coefficient (Wildman–Crippen LogP) is 4.90. The molecule has 0 amide bonds. The van der Waals surface area contributed by atoms with Crippen LogP contribution in [0.3, 0.4) is 0 Å². The van der Waals surface area contributed by atoms with Crippen molar-refractivity contribution in [2.24, 2.45) is 0 Å². The first-order valence-corrected chi connectivity index (χ1v) is 15.6. The van der Waals surface area contributed by atoms with E-state index in [0.717, 1.165) is 0 Å². The van der Waals surface area contributed by atoms with Gasteiger partial charge in [0, 0.05) is 10.6 Å². The van der Waals surface area contributed by atoms with Gasteiger partial charge in [-0.15, -0.1) is 0 Å². The number of benzene rings is 2. The van der Waals surface area contributed by atoms with E-state index in [9.17, 15) is 0 Å². The number of nitrogens with one attached hydrogen (secondary N) is 1. The van der Waals surface area contributed by atoms with Gasteiger partial charge in [-0.1, -0.05) is 75.7 Å². The second-order valence-corrected chi connectivity index (χ2v) is 18.6. The topological polar surface area (TPSA) is 12.0 Å². The molecule has 0 fully saturated rings. The van der Waals surface area contributed by atoms with Crippen LogP contribution in [0.1, 0.15) is 0 Å². The van der Waals surface area contributed by atoms with E-state index in [1.54, 1.807) is 22.3 Å². The lowest BCUT2D eigenvalue weighted by molar-refractivity contribution is 1.50. The smallest absolute Gasteiger partial charge is 0.0791 e. The molecular weight excluding hydrogens is 318 g/mol. The van der Waals surface area contributed by atoms with E-state index < -0.39 is 16.1 Å². The van der Waals surface area contributed by atoms with Gasteiger partial charge in [0.05, 0.1) is 16.1 Å². The van der Waals surface area contributed by atoms with Crippen molar-refractivity contribution in [3.8, 4) is 0 Å². The van der Waals surface area contributed by atoms with Gasteiger partial charge in [0.1, 0.15) is 0 Å². The quantitative estimate of drug-likeness (QED) is 0.611. The first-order chi connectivity index (χ1) is 10.2. The Morgan fingerprint density at radius 1 is 0.682 bits per heavy atom. The van der Waals surface area contributed by atoms with Crippen LogP contribution in [0.4, 0.5) is 5.69 Å². The van der Waals surface area contributed by atoms with E-state index in [1.165, 1.54) is 10.6 Å². The minimum Gasteiger partial charge on any atom is -0.326 e. The molecule has 22 heavy (non-hydrogen) atoms. The number of para-hydroxylation sites is 1. The van der Waals surface area contributed by atoms with Gasteiger partial charge in [-0.3, -0.25) is 0 Å². The van der Waals surface area contributed by atoms with Gasteiger partial charge in [0.25, 0.3) is 0 Å². The summed E-state index contributed by atoms with van der Waals surface area (Å²) in [6.45, 7) is 14.6. The van der Waals surface area contributed by atoms with Crippen molar-refractivity contribution in [1.82, 2.24) is 0 Å². The van der Waals surface area contributed by atoms with Crippen LogP contribution in [0.15, 0.2) is 53.4 Å². The summed E-state index contributed by atoms with van der Waals surface area (Å²) in [4.78, 5) is 1.48. The predicted molar refractivity (Wildman–Crippen MR) is 108 cm³/mol.